The monoisotopic (exact) mass is 362 g/mol. The molecule has 0 atom stereocenters. The molecule has 0 radical (unpaired) electrons. The number of benzene rings is 1. The van der Waals surface area contributed by atoms with Gasteiger partial charge in [0.1, 0.15) is 11.5 Å². The predicted octanol–water partition coefficient (Wildman–Crippen LogP) is 6.01. The Labute approximate surface area is 158 Å². The SMILES string of the molecule is CCCCCCCCOc1cc(C=O)c(OCCCCCC)cc1C=O. The summed E-state index contributed by atoms with van der Waals surface area (Å²) < 4.78 is 11.5. The third-order valence-electron chi connectivity index (χ3n) is 4.41. The van der Waals surface area contributed by atoms with Crippen LogP contribution in [-0.2, 0) is 0 Å². The maximum absolute atomic E-state index is 11.4. The summed E-state index contributed by atoms with van der Waals surface area (Å²) in [4.78, 5) is 22.7. The summed E-state index contributed by atoms with van der Waals surface area (Å²) in [5, 5.41) is 0. The van der Waals surface area contributed by atoms with Gasteiger partial charge in [-0.3, -0.25) is 9.59 Å². The first kappa shape index (κ1) is 22.2. The van der Waals surface area contributed by atoms with Gasteiger partial charge >= 0.3 is 0 Å². The van der Waals surface area contributed by atoms with E-state index in [1.54, 1.807) is 12.1 Å². The minimum absolute atomic E-state index is 0.434. The highest BCUT2D eigenvalue weighted by Gasteiger charge is 2.12. The number of carbonyl (C=O) groups is 2. The van der Waals surface area contributed by atoms with Crippen molar-refractivity contribution in [2.75, 3.05) is 13.2 Å². The number of aldehydes is 2. The zero-order valence-corrected chi connectivity index (χ0v) is 16.4. The molecule has 0 aliphatic rings. The summed E-state index contributed by atoms with van der Waals surface area (Å²) in [7, 11) is 0. The molecule has 0 bridgehead atoms. The van der Waals surface area contributed by atoms with Crippen LogP contribution in [-0.4, -0.2) is 25.8 Å². The Morgan fingerprint density at radius 1 is 0.654 bits per heavy atom. The molecule has 146 valence electrons. The molecule has 4 nitrogen and oxygen atoms in total. The predicted molar refractivity (Wildman–Crippen MR) is 106 cm³/mol. The summed E-state index contributed by atoms with van der Waals surface area (Å²) in [6.45, 7) is 5.47. The fourth-order valence-corrected chi connectivity index (χ4v) is 2.80. The minimum atomic E-state index is 0.434. The van der Waals surface area contributed by atoms with E-state index < -0.39 is 0 Å². The second-order valence-electron chi connectivity index (χ2n) is 6.69. The van der Waals surface area contributed by atoms with E-state index in [4.69, 9.17) is 9.47 Å². The third kappa shape index (κ3) is 8.50. The van der Waals surface area contributed by atoms with Crippen molar-refractivity contribution in [2.24, 2.45) is 0 Å². The van der Waals surface area contributed by atoms with Crippen LogP contribution in [0.4, 0.5) is 0 Å². The first-order valence-corrected chi connectivity index (χ1v) is 10.1. The third-order valence-corrected chi connectivity index (χ3v) is 4.41. The molecule has 26 heavy (non-hydrogen) atoms. The molecule has 0 aliphatic carbocycles. The molecule has 0 saturated heterocycles. The molecule has 1 aromatic rings. The Hall–Kier alpha value is -1.84. The number of ether oxygens (including phenoxy) is 2. The number of hydrogen-bond acceptors (Lipinski definition) is 4. The smallest absolute Gasteiger partial charge is 0.153 e. The average molecular weight is 363 g/mol. The highest BCUT2D eigenvalue weighted by molar-refractivity contribution is 5.87. The molecule has 1 aromatic carbocycles. The first-order chi connectivity index (χ1) is 12.8. The molecule has 0 aliphatic heterocycles. The molecule has 0 amide bonds. The molecule has 4 heteroatoms. The van der Waals surface area contributed by atoms with Crippen LogP contribution in [0.15, 0.2) is 12.1 Å². The second-order valence-corrected chi connectivity index (χ2v) is 6.69. The van der Waals surface area contributed by atoms with Gasteiger partial charge in [-0.05, 0) is 25.0 Å². The zero-order valence-electron chi connectivity index (χ0n) is 16.4. The number of hydrogen-bond donors (Lipinski definition) is 0. The van der Waals surface area contributed by atoms with Crippen LogP contribution >= 0.6 is 0 Å². The molecule has 0 fully saturated rings. The van der Waals surface area contributed by atoms with Gasteiger partial charge in [0.2, 0.25) is 0 Å². The Morgan fingerprint density at radius 3 is 1.46 bits per heavy atom. The lowest BCUT2D eigenvalue weighted by molar-refractivity contribution is 0.110. The van der Waals surface area contributed by atoms with Gasteiger partial charge in [-0.2, -0.15) is 0 Å². The van der Waals surface area contributed by atoms with Crippen LogP contribution in [0.5, 0.6) is 11.5 Å². The summed E-state index contributed by atoms with van der Waals surface area (Å²) in [6, 6.07) is 3.24. The summed E-state index contributed by atoms with van der Waals surface area (Å²) in [5.74, 6) is 0.930. The van der Waals surface area contributed by atoms with E-state index in [0.717, 1.165) is 38.3 Å². The van der Waals surface area contributed by atoms with E-state index >= 15 is 0 Å². The summed E-state index contributed by atoms with van der Waals surface area (Å²) >= 11 is 0. The van der Waals surface area contributed by atoms with Gasteiger partial charge < -0.3 is 9.47 Å². The summed E-state index contributed by atoms with van der Waals surface area (Å²) in [6.07, 6.45) is 13.0. The van der Waals surface area contributed by atoms with Crippen LogP contribution in [0.2, 0.25) is 0 Å². The maximum atomic E-state index is 11.4. The maximum Gasteiger partial charge on any atom is 0.153 e. The van der Waals surface area contributed by atoms with Crippen molar-refractivity contribution < 1.29 is 19.1 Å². The summed E-state index contributed by atoms with van der Waals surface area (Å²) in [5.41, 5.74) is 0.870. The zero-order chi connectivity index (χ0) is 19.0. The number of rotatable bonds is 16. The fourth-order valence-electron chi connectivity index (χ4n) is 2.80. The van der Waals surface area contributed by atoms with Crippen molar-refractivity contribution >= 4 is 12.6 Å². The Morgan fingerprint density at radius 2 is 1.04 bits per heavy atom. The Bertz CT molecular complexity index is 525. The van der Waals surface area contributed by atoms with Gasteiger partial charge in [-0.15, -0.1) is 0 Å². The quantitative estimate of drug-likeness (QED) is 0.267. The van der Waals surface area contributed by atoms with E-state index in [-0.39, 0.29) is 0 Å². The number of carbonyl (C=O) groups excluding carboxylic acids is 2. The van der Waals surface area contributed by atoms with Crippen molar-refractivity contribution in [3.63, 3.8) is 0 Å². The topological polar surface area (TPSA) is 52.6 Å². The van der Waals surface area contributed by atoms with Crippen LogP contribution in [0.25, 0.3) is 0 Å². The second kappa shape index (κ2) is 14.3. The van der Waals surface area contributed by atoms with Crippen molar-refractivity contribution in [3.05, 3.63) is 23.3 Å². The molecule has 0 spiro atoms. The Kier molecular flexibility index (Phi) is 12.2. The lowest BCUT2D eigenvalue weighted by atomic mass is 10.1. The molecule has 0 N–H and O–H groups in total. The largest absolute Gasteiger partial charge is 0.493 e. The van der Waals surface area contributed by atoms with Gasteiger partial charge in [0.25, 0.3) is 0 Å². The van der Waals surface area contributed by atoms with Crippen LogP contribution in [0, 0.1) is 0 Å². The lowest BCUT2D eigenvalue weighted by Crippen LogP contribution is -2.04. The Balaban J connectivity index is 2.55. The van der Waals surface area contributed by atoms with E-state index in [0.29, 0.717) is 35.8 Å². The highest BCUT2D eigenvalue weighted by Crippen LogP contribution is 2.27. The van der Waals surface area contributed by atoms with Gasteiger partial charge in [0, 0.05) is 0 Å². The number of unbranched alkanes of at least 4 members (excludes halogenated alkanes) is 8. The first-order valence-electron chi connectivity index (χ1n) is 10.1. The van der Waals surface area contributed by atoms with E-state index in [1.807, 2.05) is 0 Å². The van der Waals surface area contributed by atoms with Gasteiger partial charge in [-0.25, -0.2) is 0 Å². The van der Waals surface area contributed by atoms with Crippen molar-refractivity contribution in [3.8, 4) is 11.5 Å². The van der Waals surface area contributed by atoms with Crippen molar-refractivity contribution in [2.45, 2.75) is 78.1 Å². The van der Waals surface area contributed by atoms with E-state index in [9.17, 15) is 9.59 Å². The normalized spacial score (nSPS) is 10.5. The highest BCUT2D eigenvalue weighted by atomic mass is 16.5. The molecule has 0 saturated carbocycles. The van der Waals surface area contributed by atoms with Gasteiger partial charge in [0.05, 0.1) is 24.3 Å². The van der Waals surface area contributed by atoms with Gasteiger partial charge in [-0.1, -0.05) is 65.2 Å². The van der Waals surface area contributed by atoms with E-state index in [2.05, 4.69) is 13.8 Å². The van der Waals surface area contributed by atoms with Crippen molar-refractivity contribution in [1.29, 1.82) is 0 Å². The average Bonchev–Trinajstić information content (AvgIpc) is 2.67. The molecule has 0 unspecified atom stereocenters. The molecule has 1 rings (SSSR count). The minimum Gasteiger partial charge on any atom is -0.493 e. The van der Waals surface area contributed by atoms with Crippen LogP contribution < -0.4 is 9.47 Å². The molecule has 0 aromatic heterocycles. The van der Waals surface area contributed by atoms with Crippen LogP contribution in [0.1, 0.15) is 98.8 Å². The standard InChI is InChI=1S/C22H34O4/c1-3-5-7-9-10-12-14-26-22-16-19(17-23)21(15-20(22)18-24)25-13-11-8-6-4-2/h15-18H,3-14H2,1-2H3. The molecular weight excluding hydrogens is 328 g/mol. The fraction of sp³-hybridized carbons (Fsp3) is 0.636. The van der Waals surface area contributed by atoms with Crippen LogP contribution in [0.3, 0.4) is 0 Å². The van der Waals surface area contributed by atoms with Crippen molar-refractivity contribution in [1.82, 2.24) is 0 Å². The lowest BCUT2D eigenvalue weighted by Gasteiger charge is -2.13. The molecular formula is C22H34O4. The van der Waals surface area contributed by atoms with Gasteiger partial charge in [0.15, 0.2) is 12.6 Å². The molecule has 0 heterocycles. The van der Waals surface area contributed by atoms with E-state index in [1.165, 1.54) is 38.5 Å².